The molecule has 3 rings (SSSR count). The summed E-state index contributed by atoms with van der Waals surface area (Å²) in [4.78, 5) is 6.13. The third kappa shape index (κ3) is 4.86. The van der Waals surface area contributed by atoms with Crippen molar-refractivity contribution in [2.75, 3.05) is 6.54 Å². The molecule has 0 aliphatic heterocycles. The molecule has 0 saturated carbocycles. The molecule has 1 aromatic heterocycles. The zero-order valence-electron chi connectivity index (χ0n) is 13.1. The van der Waals surface area contributed by atoms with E-state index in [0.717, 1.165) is 36.3 Å². The largest absolute Gasteiger partial charge is 0.246 e. The summed E-state index contributed by atoms with van der Waals surface area (Å²) in [5, 5.41) is 1.15. The van der Waals surface area contributed by atoms with Crippen LogP contribution in [0.2, 0.25) is 0 Å². The molecule has 124 valence electrons. The van der Waals surface area contributed by atoms with E-state index in [-0.39, 0.29) is 5.75 Å². The lowest BCUT2D eigenvalue weighted by Gasteiger charge is -2.06. The maximum atomic E-state index is 12.0. The summed E-state index contributed by atoms with van der Waals surface area (Å²) in [6, 6.07) is 9.26. The van der Waals surface area contributed by atoms with Gasteiger partial charge in [0.2, 0.25) is 10.0 Å². The van der Waals surface area contributed by atoms with E-state index >= 15 is 0 Å². The lowest BCUT2D eigenvalue weighted by atomic mass is 10.0. The van der Waals surface area contributed by atoms with Gasteiger partial charge in [-0.3, -0.25) is 0 Å². The van der Waals surface area contributed by atoms with Crippen LogP contribution in [0, 0.1) is 0 Å². The number of fused-ring (bicyclic) bond motifs is 1. The number of aromatic nitrogens is 1. The van der Waals surface area contributed by atoms with Crippen molar-refractivity contribution in [1.29, 1.82) is 0 Å². The van der Waals surface area contributed by atoms with Crippen LogP contribution < -0.4 is 4.72 Å². The van der Waals surface area contributed by atoms with Gasteiger partial charge in [0.25, 0.3) is 0 Å². The second kappa shape index (κ2) is 7.55. The molecule has 2 aromatic rings. The zero-order chi connectivity index (χ0) is 16.1. The Morgan fingerprint density at radius 3 is 2.70 bits per heavy atom. The normalized spacial score (nSPS) is 14.6. The number of rotatable bonds is 7. The number of hydrogen-bond acceptors (Lipinski definition) is 4. The van der Waals surface area contributed by atoms with Crippen molar-refractivity contribution in [3.05, 3.63) is 51.5 Å². The third-order valence-electron chi connectivity index (χ3n) is 3.98. The summed E-state index contributed by atoms with van der Waals surface area (Å²) in [5.74, 6) is 0.0411. The number of aryl methyl sites for hydroxylation is 3. The SMILES string of the molecule is O=S(=O)(Cc1ccccc1)NCCCc1nc2c(s1)CCCC2. The minimum absolute atomic E-state index is 0.0411. The van der Waals surface area contributed by atoms with Crippen molar-refractivity contribution < 1.29 is 8.42 Å². The van der Waals surface area contributed by atoms with Gasteiger partial charge in [-0.1, -0.05) is 30.3 Å². The smallest absolute Gasteiger partial charge is 0.215 e. The van der Waals surface area contributed by atoms with E-state index in [1.165, 1.54) is 23.4 Å². The molecule has 0 amide bonds. The van der Waals surface area contributed by atoms with Crippen molar-refractivity contribution >= 4 is 21.4 Å². The Morgan fingerprint density at radius 2 is 1.91 bits per heavy atom. The average molecular weight is 351 g/mol. The van der Waals surface area contributed by atoms with Crippen molar-refractivity contribution in [1.82, 2.24) is 9.71 Å². The molecule has 23 heavy (non-hydrogen) atoms. The zero-order valence-corrected chi connectivity index (χ0v) is 14.8. The molecule has 1 aromatic carbocycles. The van der Waals surface area contributed by atoms with Crippen LogP contribution in [-0.4, -0.2) is 19.9 Å². The first-order chi connectivity index (χ1) is 11.1. The van der Waals surface area contributed by atoms with Crippen molar-refractivity contribution in [3.63, 3.8) is 0 Å². The summed E-state index contributed by atoms with van der Waals surface area (Å²) in [6.07, 6.45) is 6.43. The fraction of sp³-hybridized carbons (Fsp3) is 0.471. The number of nitrogens with one attached hydrogen (secondary N) is 1. The molecule has 4 nitrogen and oxygen atoms in total. The topological polar surface area (TPSA) is 59.1 Å². The molecule has 0 spiro atoms. The minimum atomic E-state index is -3.26. The number of hydrogen-bond donors (Lipinski definition) is 1. The van der Waals surface area contributed by atoms with Gasteiger partial charge < -0.3 is 0 Å². The van der Waals surface area contributed by atoms with Crippen LogP contribution in [0.1, 0.15) is 40.4 Å². The molecular weight excluding hydrogens is 328 g/mol. The first-order valence-corrected chi connectivity index (χ1v) is 10.6. The fourth-order valence-electron chi connectivity index (χ4n) is 2.82. The van der Waals surface area contributed by atoms with Crippen LogP contribution in [0.4, 0.5) is 0 Å². The van der Waals surface area contributed by atoms with E-state index in [2.05, 4.69) is 4.72 Å². The predicted molar refractivity (Wildman–Crippen MR) is 94.1 cm³/mol. The quantitative estimate of drug-likeness (QED) is 0.781. The number of thiazole rings is 1. The molecule has 0 fully saturated rings. The van der Waals surface area contributed by atoms with E-state index in [1.54, 1.807) is 0 Å². The first kappa shape index (κ1) is 16.6. The van der Waals surface area contributed by atoms with E-state index in [0.29, 0.717) is 6.54 Å². The van der Waals surface area contributed by atoms with Gasteiger partial charge in [-0.15, -0.1) is 11.3 Å². The Morgan fingerprint density at radius 1 is 1.13 bits per heavy atom. The monoisotopic (exact) mass is 350 g/mol. The number of nitrogens with zero attached hydrogens (tertiary/aromatic N) is 1. The highest BCUT2D eigenvalue weighted by molar-refractivity contribution is 7.88. The van der Waals surface area contributed by atoms with E-state index in [9.17, 15) is 8.42 Å². The van der Waals surface area contributed by atoms with Crippen LogP contribution in [-0.2, 0) is 35.0 Å². The van der Waals surface area contributed by atoms with E-state index in [4.69, 9.17) is 4.98 Å². The van der Waals surface area contributed by atoms with Crippen molar-refractivity contribution in [2.45, 2.75) is 44.3 Å². The summed E-state index contributed by atoms with van der Waals surface area (Å²) in [7, 11) is -3.26. The van der Waals surface area contributed by atoms with Crippen molar-refractivity contribution in [3.8, 4) is 0 Å². The molecule has 1 N–H and O–H groups in total. The standard InChI is InChI=1S/C17H22N2O2S2/c20-23(21,13-14-7-2-1-3-8-14)18-12-6-11-17-19-15-9-4-5-10-16(15)22-17/h1-3,7-8,18H,4-6,9-13H2. The molecule has 0 radical (unpaired) electrons. The summed E-state index contributed by atoms with van der Waals surface area (Å²) >= 11 is 1.81. The minimum Gasteiger partial charge on any atom is -0.246 e. The number of benzene rings is 1. The first-order valence-electron chi connectivity index (χ1n) is 8.11. The van der Waals surface area contributed by atoms with Crippen LogP contribution in [0.5, 0.6) is 0 Å². The molecule has 1 aliphatic rings. The van der Waals surface area contributed by atoms with Crippen LogP contribution in [0.3, 0.4) is 0 Å². The molecule has 0 unspecified atom stereocenters. The van der Waals surface area contributed by atoms with Crippen LogP contribution >= 0.6 is 11.3 Å². The Hall–Kier alpha value is -1.24. The van der Waals surface area contributed by atoms with Gasteiger partial charge in [0.1, 0.15) is 0 Å². The highest BCUT2D eigenvalue weighted by atomic mass is 32.2. The van der Waals surface area contributed by atoms with Crippen LogP contribution in [0.25, 0.3) is 0 Å². The van der Waals surface area contributed by atoms with Gasteiger partial charge in [-0.2, -0.15) is 0 Å². The van der Waals surface area contributed by atoms with Crippen LogP contribution in [0.15, 0.2) is 30.3 Å². The molecule has 1 aliphatic carbocycles. The predicted octanol–water partition coefficient (Wildman–Crippen LogP) is 3.07. The molecule has 0 bridgehead atoms. The maximum Gasteiger partial charge on any atom is 0.215 e. The lowest BCUT2D eigenvalue weighted by molar-refractivity contribution is 0.578. The summed E-state index contributed by atoms with van der Waals surface area (Å²) < 4.78 is 26.8. The van der Waals surface area contributed by atoms with Gasteiger partial charge in [-0.05, 0) is 37.7 Å². The molecule has 0 saturated heterocycles. The van der Waals surface area contributed by atoms with E-state index in [1.807, 2.05) is 41.7 Å². The fourth-order valence-corrected chi connectivity index (χ4v) is 5.21. The van der Waals surface area contributed by atoms with Gasteiger partial charge in [0, 0.05) is 17.8 Å². The van der Waals surface area contributed by atoms with Gasteiger partial charge >= 0.3 is 0 Å². The summed E-state index contributed by atoms with van der Waals surface area (Å²) in [6.45, 7) is 0.472. The highest BCUT2D eigenvalue weighted by Crippen LogP contribution is 2.27. The highest BCUT2D eigenvalue weighted by Gasteiger charge is 2.15. The number of sulfonamides is 1. The van der Waals surface area contributed by atoms with Gasteiger partial charge in [0.15, 0.2) is 0 Å². The Balaban J connectivity index is 1.45. The molecular formula is C17H22N2O2S2. The lowest BCUT2D eigenvalue weighted by Crippen LogP contribution is -2.26. The van der Waals surface area contributed by atoms with Gasteiger partial charge in [-0.25, -0.2) is 18.1 Å². The molecule has 0 atom stereocenters. The second-order valence-electron chi connectivity index (χ2n) is 5.93. The third-order valence-corrected chi connectivity index (χ3v) is 6.55. The Bertz CT molecular complexity index is 716. The Labute approximate surface area is 142 Å². The average Bonchev–Trinajstić information content (AvgIpc) is 2.95. The van der Waals surface area contributed by atoms with Gasteiger partial charge in [0.05, 0.1) is 16.5 Å². The molecule has 1 heterocycles. The summed E-state index contributed by atoms with van der Waals surface area (Å²) in [5.41, 5.74) is 2.09. The van der Waals surface area contributed by atoms with E-state index < -0.39 is 10.0 Å². The second-order valence-corrected chi connectivity index (χ2v) is 8.90. The Kier molecular flexibility index (Phi) is 5.46. The van der Waals surface area contributed by atoms with Crippen molar-refractivity contribution in [2.24, 2.45) is 0 Å². The maximum absolute atomic E-state index is 12.0. The molecule has 6 heteroatoms.